The maximum atomic E-state index is 12.6. The molecule has 0 aliphatic carbocycles. The Hall–Kier alpha value is -4.08. The van der Waals surface area contributed by atoms with E-state index in [0.29, 0.717) is 0 Å². The summed E-state index contributed by atoms with van der Waals surface area (Å²) in [6.07, 6.45) is 1.05. The average molecular weight is 401 g/mol. The Balaban J connectivity index is 2.39. The number of hydrogen-bond donors (Lipinski definition) is 1. The summed E-state index contributed by atoms with van der Waals surface area (Å²) in [5.74, 6) is -1.79. The molecule has 152 valence electrons. The minimum atomic E-state index is -1.67. The van der Waals surface area contributed by atoms with E-state index in [2.05, 4.69) is 5.32 Å². The first-order valence-electron chi connectivity index (χ1n) is 8.09. The lowest BCUT2D eigenvalue weighted by atomic mass is 10.1. The van der Waals surface area contributed by atoms with Gasteiger partial charge < -0.3 is 29.4 Å². The first-order valence-corrected chi connectivity index (χ1v) is 8.09. The van der Waals surface area contributed by atoms with Crippen LogP contribution in [-0.4, -0.2) is 38.1 Å². The number of carboxylic acid groups (broad SMARTS) is 1. The summed E-state index contributed by atoms with van der Waals surface area (Å²) < 4.78 is 15.5. The second-order valence-electron chi connectivity index (χ2n) is 5.57. The Bertz CT molecular complexity index is 959. The molecule has 10 heteroatoms. The van der Waals surface area contributed by atoms with Gasteiger partial charge in [0.1, 0.15) is 0 Å². The van der Waals surface area contributed by atoms with Crippen LogP contribution in [0.3, 0.4) is 0 Å². The van der Waals surface area contributed by atoms with Gasteiger partial charge in [-0.2, -0.15) is 0 Å². The summed E-state index contributed by atoms with van der Waals surface area (Å²) in [4.78, 5) is 34.2. The van der Waals surface area contributed by atoms with Crippen molar-refractivity contribution in [3.63, 3.8) is 0 Å². The van der Waals surface area contributed by atoms with Gasteiger partial charge in [0.05, 0.1) is 37.9 Å². The van der Waals surface area contributed by atoms with Crippen LogP contribution in [0.2, 0.25) is 0 Å². The highest BCUT2D eigenvalue weighted by atomic mass is 16.6. The summed E-state index contributed by atoms with van der Waals surface area (Å²) >= 11 is 0. The van der Waals surface area contributed by atoms with Crippen LogP contribution >= 0.6 is 0 Å². The molecule has 29 heavy (non-hydrogen) atoms. The van der Waals surface area contributed by atoms with E-state index in [1.54, 1.807) is 0 Å². The van der Waals surface area contributed by atoms with Crippen LogP contribution in [0.5, 0.6) is 17.2 Å². The van der Waals surface area contributed by atoms with Crippen LogP contribution in [0.1, 0.15) is 15.9 Å². The first-order chi connectivity index (χ1) is 13.8. The second-order valence-corrected chi connectivity index (χ2v) is 5.57. The fraction of sp³-hybridized carbons (Fsp3) is 0.158. The van der Waals surface area contributed by atoms with Crippen molar-refractivity contribution < 1.29 is 33.8 Å². The summed E-state index contributed by atoms with van der Waals surface area (Å²) in [6, 6.07) is 7.94. The number of amides is 1. The highest BCUT2D eigenvalue weighted by molar-refractivity contribution is 6.02. The number of non-ortho nitro benzene ring substituents is 1. The number of nitro benzene ring substituents is 1. The maximum Gasteiger partial charge on any atom is 0.270 e. The number of carbonyl (C=O) groups is 2. The van der Waals surface area contributed by atoms with Crippen molar-refractivity contribution >= 4 is 23.6 Å². The highest BCUT2D eigenvalue weighted by Gasteiger charge is 2.18. The van der Waals surface area contributed by atoms with Gasteiger partial charge in [-0.25, -0.2) is 0 Å². The van der Waals surface area contributed by atoms with Gasteiger partial charge in [0.15, 0.2) is 11.5 Å². The summed E-state index contributed by atoms with van der Waals surface area (Å²) in [6.45, 7) is 0. The van der Waals surface area contributed by atoms with Crippen LogP contribution in [0.4, 0.5) is 5.69 Å². The molecule has 0 radical (unpaired) electrons. The first kappa shape index (κ1) is 21.2. The number of rotatable bonds is 8. The predicted molar refractivity (Wildman–Crippen MR) is 99.6 cm³/mol. The number of nitro groups is 1. The minimum Gasteiger partial charge on any atom is -0.543 e. The monoisotopic (exact) mass is 401 g/mol. The fourth-order valence-corrected chi connectivity index (χ4v) is 2.45. The van der Waals surface area contributed by atoms with Gasteiger partial charge in [-0.15, -0.1) is 0 Å². The van der Waals surface area contributed by atoms with Gasteiger partial charge in [-0.1, -0.05) is 12.1 Å². The number of methoxy groups -OCH3 is 3. The second kappa shape index (κ2) is 9.22. The van der Waals surface area contributed by atoms with Crippen LogP contribution in [0.15, 0.2) is 42.1 Å². The molecule has 1 N–H and O–H groups in total. The van der Waals surface area contributed by atoms with Gasteiger partial charge >= 0.3 is 0 Å². The van der Waals surface area contributed by atoms with E-state index < -0.39 is 22.5 Å². The van der Waals surface area contributed by atoms with E-state index in [9.17, 15) is 24.8 Å². The zero-order chi connectivity index (χ0) is 21.6. The van der Waals surface area contributed by atoms with E-state index in [-0.39, 0.29) is 34.1 Å². The van der Waals surface area contributed by atoms with Crippen molar-refractivity contribution in [1.29, 1.82) is 0 Å². The van der Waals surface area contributed by atoms with E-state index in [1.165, 1.54) is 51.7 Å². The molecular weight excluding hydrogens is 384 g/mol. The average Bonchev–Trinajstić information content (AvgIpc) is 2.71. The van der Waals surface area contributed by atoms with Crippen molar-refractivity contribution in [2.75, 3.05) is 21.3 Å². The van der Waals surface area contributed by atoms with Crippen molar-refractivity contribution in [2.45, 2.75) is 0 Å². The van der Waals surface area contributed by atoms with Crippen LogP contribution in [0, 0.1) is 10.1 Å². The lowest BCUT2D eigenvalue weighted by Gasteiger charge is -2.15. The van der Waals surface area contributed by atoms with Gasteiger partial charge in [0.2, 0.25) is 5.75 Å². The minimum absolute atomic E-state index is 0.0330. The number of benzene rings is 2. The molecule has 0 aliphatic rings. The van der Waals surface area contributed by atoms with Crippen LogP contribution < -0.4 is 24.6 Å². The molecule has 2 rings (SSSR count). The third kappa shape index (κ3) is 5.01. The number of ether oxygens (including phenoxy) is 3. The molecule has 0 atom stereocenters. The maximum absolute atomic E-state index is 12.6. The molecule has 0 aromatic heterocycles. The molecule has 0 saturated heterocycles. The molecule has 1 amide bonds. The van der Waals surface area contributed by atoms with Crippen molar-refractivity contribution in [2.24, 2.45) is 0 Å². The molecule has 2 aromatic rings. The standard InChI is InChI=1S/C19H18N2O8/c1-27-15-9-12(10-16(28-2)17(15)29-3)18(22)20-14(19(23)24)8-11-5-4-6-13(7-11)21(25)26/h4-10H,1-3H3,(H,20,22)(H,23,24)/p-1/b14-8+. The number of carboxylic acids is 1. The summed E-state index contributed by atoms with van der Waals surface area (Å²) in [7, 11) is 4.14. The van der Waals surface area contributed by atoms with Gasteiger partial charge in [0, 0.05) is 17.7 Å². The van der Waals surface area contributed by atoms with E-state index >= 15 is 0 Å². The third-order valence-electron chi connectivity index (χ3n) is 3.79. The quantitative estimate of drug-likeness (QED) is 0.394. The molecule has 10 nitrogen and oxygen atoms in total. The lowest BCUT2D eigenvalue weighted by molar-refractivity contribution is -0.384. The summed E-state index contributed by atoms with van der Waals surface area (Å²) in [5.41, 5.74) is -0.578. The normalized spacial score (nSPS) is 10.8. The van der Waals surface area contributed by atoms with Gasteiger partial charge in [-0.05, 0) is 23.8 Å². The fourth-order valence-electron chi connectivity index (χ4n) is 2.45. The number of nitrogens with zero attached hydrogens (tertiary/aromatic N) is 1. The number of hydrogen-bond acceptors (Lipinski definition) is 8. The van der Waals surface area contributed by atoms with Gasteiger partial charge in [-0.3, -0.25) is 14.9 Å². The predicted octanol–water partition coefficient (Wildman–Crippen LogP) is 1.14. The number of carbonyl (C=O) groups excluding carboxylic acids is 2. The molecule has 0 fully saturated rings. The summed E-state index contributed by atoms with van der Waals surface area (Å²) in [5, 5.41) is 24.5. The number of aliphatic carboxylic acids is 1. The lowest BCUT2D eigenvalue weighted by Crippen LogP contribution is -2.35. The Morgan fingerprint density at radius 2 is 1.66 bits per heavy atom. The van der Waals surface area contributed by atoms with Crippen molar-refractivity contribution in [3.05, 3.63) is 63.3 Å². The molecule has 0 unspecified atom stereocenters. The van der Waals surface area contributed by atoms with E-state index in [1.807, 2.05) is 0 Å². The SMILES string of the molecule is COc1cc(C(=O)N/C(=C/c2cccc([N+](=O)[O-])c2)C(=O)[O-])cc(OC)c1OC. The van der Waals surface area contributed by atoms with E-state index in [4.69, 9.17) is 14.2 Å². The zero-order valence-electron chi connectivity index (χ0n) is 15.8. The van der Waals surface area contributed by atoms with Crippen molar-refractivity contribution in [3.8, 4) is 17.2 Å². The Labute approximate surface area is 165 Å². The smallest absolute Gasteiger partial charge is 0.270 e. The third-order valence-corrected chi connectivity index (χ3v) is 3.79. The highest BCUT2D eigenvalue weighted by Crippen LogP contribution is 2.38. The Morgan fingerprint density at radius 3 is 2.14 bits per heavy atom. The molecule has 0 aliphatic heterocycles. The van der Waals surface area contributed by atoms with Gasteiger partial charge in [0.25, 0.3) is 11.6 Å². The van der Waals surface area contributed by atoms with Crippen LogP contribution in [0.25, 0.3) is 6.08 Å². The van der Waals surface area contributed by atoms with Crippen LogP contribution in [-0.2, 0) is 4.79 Å². The van der Waals surface area contributed by atoms with Crippen molar-refractivity contribution in [1.82, 2.24) is 5.32 Å². The molecule has 0 saturated carbocycles. The zero-order valence-corrected chi connectivity index (χ0v) is 15.8. The Kier molecular flexibility index (Phi) is 6.75. The topological polar surface area (TPSA) is 140 Å². The molecular formula is C19H17N2O8-. The van der Waals surface area contributed by atoms with E-state index in [0.717, 1.165) is 12.1 Å². The molecule has 0 spiro atoms. The Morgan fingerprint density at radius 1 is 1.03 bits per heavy atom. The number of nitrogens with one attached hydrogen (secondary N) is 1. The molecule has 2 aromatic carbocycles. The molecule has 0 heterocycles. The molecule has 0 bridgehead atoms. The largest absolute Gasteiger partial charge is 0.543 e.